The van der Waals surface area contributed by atoms with Crippen LogP contribution >= 0.6 is 0 Å². The largest absolute Gasteiger partial charge is 0.465 e. The first kappa shape index (κ1) is 25.1. The first-order chi connectivity index (χ1) is 18.8. The topological polar surface area (TPSA) is 135 Å². The van der Waals surface area contributed by atoms with E-state index in [1.165, 1.54) is 4.90 Å². The number of carbonyl (C=O) groups excluding carboxylic acids is 3. The monoisotopic (exact) mass is 532 g/mol. The van der Waals surface area contributed by atoms with E-state index in [0.29, 0.717) is 56.8 Å². The summed E-state index contributed by atoms with van der Waals surface area (Å²) < 4.78 is 0. The molecule has 1 aliphatic carbocycles. The Kier molecular flexibility index (Phi) is 6.36. The maximum Gasteiger partial charge on any atom is 0.407 e. The van der Waals surface area contributed by atoms with Crippen molar-refractivity contribution >= 4 is 35.4 Å². The van der Waals surface area contributed by atoms with Gasteiger partial charge in [0.2, 0.25) is 11.8 Å². The van der Waals surface area contributed by atoms with Gasteiger partial charge in [-0.25, -0.2) is 14.6 Å². The highest BCUT2D eigenvalue weighted by Crippen LogP contribution is 2.46. The molecular formula is C28H32N6O5. The number of rotatable bonds is 4. The van der Waals surface area contributed by atoms with E-state index in [1.807, 2.05) is 30.3 Å². The van der Waals surface area contributed by atoms with E-state index in [1.54, 1.807) is 16.0 Å². The van der Waals surface area contributed by atoms with Gasteiger partial charge in [-0.2, -0.15) is 0 Å². The Balaban J connectivity index is 1.17. The van der Waals surface area contributed by atoms with Gasteiger partial charge in [-0.15, -0.1) is 0 Å². The molecule has 1 spiro atoms. The van der Waals surface area contributed by atoms with Crippen LogP contribution in [0.3, 0.4) is 0 Å². The smallest absolute Gasteiger partial charge is 0.407 e. The lowest BCUT2D eigenvalue weighted by atomic mass is 9.79. The minimum Gasteiger partial charge on any atom is -0.465 e. The molecule has 204 valence electrons. The van der Waals surface area contributed by atoms with Gasteiger partial charge in [0, 0.05) is 43.6 Å². The molecule has 2 atom stereocenters. The van der Waals surface area contributed by atoms with Gasteiger partial charge in [0.05, 0.1) is 11.5 Å². The highest BCUT2D eigenvalue weighted by Gasteiger charge is 2.51. The minimum atomic E-state index is -1.01. The van der Waals surface area contributed by atoms with Gasteiger partial charge in [-0.3, -0.25) is 9.59 Å². The third kappa shape index (κ3) is 4.55. The maximum atomic E-state index is 13.4. The SMILES string of the molecule is O=C(CN(C(=O)N1CCCC1)C1CCCN(C(=O)O)C1)Nc1ccc2c(c1)C[C@@]1(C2)C(=O)Nc2ncccc21. The number of urea groups is 1. The molecule has 11 heteroatoms. The molecule has 4 aliphatic rings. The maximum absolute atomic E-state index is 13.4. The quantitative estimate of drug-likeness (QED) is 0.554. The van der Waals surface area contributed by atoms with E-state index in [-0.39, 0.29) is 37.0 Å². The molecule has 11 nitrogen and oxygen atoms in total. The molecule has 2 saturated heterocycles. The zero-order chi connectivity index (χ0) is 27.1. The Bertz CT molecular complexity index is 1340. The molecule has 5 amide bonds. The molecule has 3 N–H and O–H groups in total. The van der Waals surface area contributed by atoms with Crippen molar-refractivity contribution in [2.75, 3.05) is 43.4 Å². The van der Waals surface area contributed by atoms with Crippen molar-refractivity contribution in [3.05, 3.63) is 53.2 Å². The van der Waals surface area contributed by atoms with Crippen molar-refractivity contribution in [2.24, 2.45) is 0 Å². The lowest BCUT2D eigenvalue weighted by Crippen LogP contribution is -2.56. The van der Waals surface area contributed by atoms with Gasteiger partial charge in [0.1, 0.15) is 12.4 Å². The van der Waals surface area contributed by atoms with Gasteiger partial charge in [-0.05, 0) is 67.9 Å². The molecular weight excluding hydrogens is 500 g/mol. The van der Waals surface area contributed by atoms with Gasteiger partial charge < -0.3 is 30.4 Å². The number of amides is 5. The van der Waals surface area contributed by atoms with Crippen LogP contribution in [0, 0.1) is 0 Å². The van der Waals surface area contributed by atoms with Crippen LogP contribution in [0.25, 0.3) is 0 Å². The van der Waals surface area contributed by atoms with E-state index in [0.717, 1.165) is 29.5 Å². The van der Waals surface area contributed by atoms with E-state index < -0.39 is 11.5 Å². The number of hydrogen-bond acceptors (Lipinski definition) is 5. The molecule has 1 aromatic carbocycles. The Morgan fingerprint density at radius 3 is 2.64 bits per heavy atom. The molecule has 0 saturated carbocycles. The van der Waals surface area contributed by atoms with Crippen molar-refractivity contribution in [2.45, 2.75) is 50.0 Å². The molecule has 3 aliphatic heterocycles. The van der Waals surface area contributed by atoms with E-state index in [9.17, 15) is 24.3 Å². The summed E-state index contributed by atoms with van der Waals surface area (Å²) in [5.41, 5.74) is 2.86. The molecule has 2 fully saturated rings. The van der Waals surface area contributed by atoms with Crippen LogP contribution in [0.2, 0.25) is 0 Å². The van der Waals surface area contributed by atoms with Crippen molar-refractivity contribution in [1.29, 1.82) is 0 Å². The Hall–Kier alpha value is -4.15. The van der Waals surface area contributed by atoms with Gasteiger partial charge in [0.25, 0.3) is 0 Å². The lowest BCUT2D eigenvalue weighted by molar-refractivity contribution is -0.120. The summed E-state index contributed by atoms with van der Waals surface area (Å²) in [6, 6.07) is 8.89. The van der Waals surface area contributed by atoms with Crippen LogP contribution in [0.5, 0.6) is 0 Å². The van der Waals surface area contributed by atoms with Crippen LogP contribution in [-0.2, 0) is 27.8 Å². The van der Waals surface area contributed by atoms with Crippen LogP contribution in [0.15, 0.2) is 36.5 Å². The predicted octanol–water partition coefficient (Wildman–Crippen LogP) is 2.67. The van der Waals surface area contributed by atoms with Gasteiger partial charge in [0.15, 0.2) is 0 Å². The average Bonchev–Trinajstić information content (AvgIpc) is 3.66. The minimum absolute atomic E-state index is 0.0584. The zero-order valence-electron chi connectivity index (χ0n) is 21.7. The number of aromatic nitrogens is 1. The molecule has 39 heavy (non-hydrogen) atoms. The summed E-state index contributed by atoms with van der Waals surface area (Å²) in [7, 11) is 0. The fraction of sp³-hybridized carbons (Fsp3) is 0.464. The van der Waals surface area contributed by atoms with E-state index >= 15 is 0 Å². The summed E-state index contributed by atoms with van der Waals surface area (Å²) in [5.74, 6) is 0.212. The van der Waals surface area contributed by atoms with Crippen LogP contribution in [0.4, 0.5) is 21.1 Å². The van der Waals surface area contributed by atoms with Gasteiger partial charge in [-0.1, -0.05) is 12.1 Å². The number of likely N-dealkylation sites (tertiary alicyclic amines) is 2. The second-order valence-corrected chi connectivity index (χ2v) is 11.0. The Morgan fingerprint density at radius 2 is 1.85 bits per heavy atom. The predicted molar refractivity (Wildman–Crippen MR) is 143 cm³/mol. The number of anilines is 2. The first-order valence-electron chi connectivity index (χ1n) is 13.6. The van der Waals surface area contributed by atoms with Crippen LogP contribution < -0.4 is 10.6 Å². The lowest BCUT2D eigenvalue weighted by Gasteiger charge is -2.39. The molecule has 2 aromatic rings. The third-order valence-corrected chi connectivity index (χ3v) is 8.51. The molecule has 6 rings (SSSR count). The number of carboxylic acid groups (broad SMARTS) is 1. The summed E-state index contributed by atoms with van der Waals surface area (Å²) in [6.45, 7) is 1.76. The van der Waals surface area contributed by atoms with Crippen molar-refractivity contribution < 1.29 is 24.3 Å². The number of fused-ring (bicyclic) bond motifs is 3. The summed E-state index contributed by atoms with van der Waals surface area (Å²) in [5, 5.41) is 15.3. The van der Waals surface area contributed by atoms with Gasteiger partial charge >= 0.3 is 12.1 Å². The van der Waals surface area contributed by atoms with Crippen molar-refractivity contribution in [3.8, 4) is 0 Å². The Morgan fingerprint density at radius 1 is 1.08 bits per heavy atom. The molecule has 1 unspecified atom stereocenters. The number of nitrogens with zero attached hydrogens (tertiary/aromatic N) is 4. The number of hydrogen-bond donors (Lipinski definition) is 3. The standard InChI is InChI=1S/C28H32N6O5/c35-23(17-34(26(37)32-10-1-2-11-32)21-5-4-12-33(16-21)27(38)39)30-20-8-7-18-14-28(15-19(18)13-20)22-6-3-9-29-24(22)31-25(28)36/h3,6-9,13,21H,1-2,4-5,10-12,14-17H2,(H,30,35)(H,38,39)(H,29,31,36)/t21?,28-/m1/s1. The number of nitrogens with one attached hydrogen (secondary N) is 2. The number of carbonyl (C=O) groups is 4. The molecule has 1 aromatic heterocycles. The number of piperidine rings is 1. The van der Waals surface area contributed by atoms with Crippen molar-refractivity contribution in [3.63, 3.8) is 0 Å². The van der Waals surface area contributed by atoms with E-state index in [4.69, 9.17) is 0 Å². The molecule has 4 heterocycles. The molecule has 0 radical (unpaired) electrons. The van der Waals surface area contributed by atoms with Crippen LogP contribution in [-0.4, -0.2) is 87.5 Å². The Labute approximate surface area is 226 Å². The molecule has 0 bridgehead atoms. The summed E-state index contributed by atoms with van der Waals surface area (Å²) >= 11 is 0. The number of pyridine rings is 1. The fourth-order valence-electron chi connectivity index (χ4n) is 6.53. The van der Waals surface area contributed by atoms with E-state index in [2.05, 4.69) is 15.6 Å². The normalized spacial score (nSPS) is 23.4. The number of benzene rings is 1. The summed E-state index contributed by atoms with van der Waals surface area (Å²) in [4.78, 5) is 60.2. The van der Waals surface area contributed by atoms with Crippen molar-refractivity contribution in [1.82, 2.24) is 19.7 Å². The highest BCUT2D eigenvalue weighted by atomic mass is 16.4. The zero-order valence-corrected chi connectivity index (χ0v) is 21.7. The summed E-state index contributed by atoms with van der Waals surface area (Å²) in [6.07, 6.45) is 4.88. The second-order valence-electron chi connectivity index (χ2n) is 11.0. The highest BCUT2D eigenvalue weighted by molar-refractivity contribution is 6.06. The van der Waals surface area contributed by atoms with Crippen LogP contribution in [0.1, 0.15) is 42.4 Å². The fourth-order valence-corrected chi connectivity index (χ4v) is 6.53. The first-order valence-corrected chi connectivity index (χ1v) is 13.6. The average molecular weight is 533 g/mol. The second kappa shape index (κ2) is 9.87. The third-order valence-electron chi connectivity index (χ3n) is 8.51.